The van der Waals surface area contributed by atoms with Gasteiger partial charge in [-0.25, -0.2) is 19.9 Å². The average Bonchev–Trinajstić information content (AvgIpc) is 3.19. The Labute approximate surface area is 120 Å². The number of halogens is 1. The van der Waals surface area contributed by atoms with Gasteiger partial charge in [0.05, 0.1) is 0 Å². The number of anilines is 1. The molecule has 1 saturated carbocycles. The number of carbonyl (C=O) groups is 1. The van der Waals surface area contributed by atoms with E-state index in [1.165, 1.54) is 12.4 Å². The molecule has 1 aliphatic carbocycles. The Bertz CT molecular complexity index is 663. The number of hydrogen-bond acceptors (Lipinski definition) is 5. The number of hydrogen-bond donors (Lipinski definition) is 1. The fraction of sp³-hybridized carbons (Fsp3) is 0.308. The summed E-state index contributed by atoms with van der Waals surface area (Å²) in [5.74, 6) is 1.03. The Kier molecular flexibility index (Phi) is 3.31. The van der Waals surface area contributed by atoms with Gasteiger partial charge in [-0.05, 0) is 19.4 Å². The molecule has 2 heterocycles. The molecule has 102 valence electrons. The van der Waals surface area contributed by atoms with Crippen LogP contribution in [-0.2, 0) is 4.79 Å². The Hall–Kier alpha value is -2.08. The highest BCUT2D eigenvalue weighted by Gasteiger charge is 2.46. The fourth-order valence-electron chi connectivity index (χ4n) is 2.04. The SMILES string of the molecule is Cc1ccnc([C@H]2C[C@@H]2C(=O)Nc2cc(Cl)ncn2)n1. The standard InChI is InChI=1S/C13H12ClN5O/c1-7-2-3-15-12(18-7)8-4-9(8)13(20)19-11-5-10(14)16-6-17-11/h2-3,5-6,8-9H,4H2,1H3,(H,16,17,19,20)/t8-,9-/m0/s1. The normalized spacial score (nSPS) is 20.5. The van der Waals surface area contributed by atoms with E-state index in [0.29, 0.717) is 11.0 Å². The second-order valence-corrected chi connectivity index (χ2v) is 5.11. The maximum Gasteiger partial charge on any atom is 0.229 e. The maximum atomic E-state index is 12.1. The van der Waals surface area contributed by atoms with Crippen LogP contribution in [0.25, 0.3) is 0 Å². The lowest BCUT2D eigenvalue weighted by atomic mass is 10.2. The first-order chi connectivity index (χ1) is 9.63. The third-order valence-electron chi connectivity index (χ3n) is 3.16. The quantitative estimate of drug-likeness (QED) is 0.874. The smallest absolute Gasteiger partial charge is 0.229 e. The van der Waals surface area contributed by atoms with Crippen molar-refractivity contribution in [1.82, 2.24) is 19.9 Å². The average molecular weight is 290 g/mol. The van der Waals surface area contributed by atoms with Gasteiger partial charge in [-0.2, -0.15) is 0 Å². The van der Waals surface area contributed by atoms with Crippen LogP contribution in [0.15, 0.2) is 24.7 Å². The van der Waals surface area contributed by atoms with Crippen LogP contribution in [0.2, 0.25) is 5.15 Å². The summed E-state index contributed by atoms with van der Waals surface area (Å²) < 4.78 is 0. The molecule has 6 nitrogen and oxygen atoms in total. The Morgan fingerprint density at radius 1 is 1.40 bits per heavy atom. The number of aryl methyl sites for hydroxylation is 1. The van der Waals surface area contributed by atoms with Crippen LogP contribution < -0.4 is 5.32 Å². The van der Waals surface area contributed by atoms with Crippen LogP contribution >= 0.6 is 11.6 Å². The predicted octanol–water partition coefficient (Wildman–Crippen LogP) is 1.97. The molecular weight excluding hydrogens is 278 g/mol. The van der Waals surface area contributed by atoms with Crippen LogP contribution in [0.1, 0.15) is 23.9 Å². The third kappa shape index (κ3) is 2.75. The van der Waals surface area contributed by atoms with Crippen molar-refractivity contribution in [3.63, 3.8) is 0 Å². The molecule has 0 radical (unpaired) electrons. The molecule has 20 heavy (non-hydrogen) atoms. The van der Waals surface area contributed by atoms with Gasteiger partial charge in [0.2, 0.25) is 5.91 Å². The van der Waals surface area contributed by atoms with E-state index in [4.69, 9.17) is 11.6 Å². The third-order valence-corrected chi connectivity index (χ3v) is 3.36. The zero-order chi connectivity index (χ0) is 14.1. The molecule has 2 aromatic heterocycles. The van der Waals surface area contributed by atoms with Crippen molar-refractivity contribution in [2.75, 3.05) is 5.32 Å². The molecule has 0 bridgehead atoms. The van der Waals surface area contributed by atoms with Gasteiger partial charge >= 0.3 is 0 Å². The van der Waals surface area contributed by atoms with E-state index in [1.54, 1.807) is 6.20 Å². The molecule has 0 aromatic carbocycles. The summed E-state index contributed by atoms with van der Waals surface area (Å²) in [6.45, 7) is 1.91. The minimum atomic E-state index is -0.106. The van der Waals surface area contributed by atoms with E-state index in [9.17, 15) is 4.79 Å². The van der Waals surface area contributed by atoms with Gasteiger partial charge in [0.15, 0.2) is 0 Å². The Morgan fingerprint density at radius 3 is 3.00 bits per heavy atom. The number of amides is 1. The molecule has 2 atom stereocenters. The highest BCUT2D eigenvalue weighted by atomic mass is 35.5. The lowest BCUT2D eigenvalue weighted by molar-refractivity contribution is -0.117. The molecule has 1 fully saturated rings. The van der Waals surface area contributed by atoms with Crippen LogP contribution in [0.3, 0.4) is 0 Å². The van der Waals surface area contributed by atoms with Crippen molar-refractivity contribution in [3.05, 3.63) is 41.3 Å². The van der Waals surface area contributed by atoms with Gasteiger partial charge < -0.3 is 5.32 Å². The summed E-state index contributed by atoms with van der Waals surface area (Å²) in [5, 5.41) is 3.02. The topological polar surface area (TPSA) is 80.7 Å². The van der Waals surface area contributed by atoms with Crippen molar-refractivity contribution in [2.45, 2.75) is 19.3 Å². The summed E-state index contributed by atoms with van der Waals surface area (Å²) in [5.41, 5.74) is 0.906. The van der Waals surface area contributed by atoms with Crippen molar-refractivity contribution >= 4 is 23.3 Å². The largest absolute Gasteiger partial charge is 0.310 e. The Morgan fingerprint density at radius 2 is 2.25 bits per heavy atom. The van der Waals surface area contributed by atoms with Gasteiger partial charge in [-0.1, -0.05) is 11.6 Å². The first kappa shape index (κ1) is 12.9. The first-order valence-corrected chi connectivity index (χ1v) is 6.59. The highest BCUT2D eigenvalue weighted by Crippen LogP contribution is 2.46. The Balaban J connectivity index is 1.66. The highest BCUT2D eigenvalue weighted by molar-refractivity contribution is 6.29. The van der Waals surface area contributed by atoms with Crippen LogP contribution in [0.4, 0.5) is 5.82 Å². The molecular formula is C13H12ClN5O. The van der Waals surface area contributed by atoms with E-state index >= 15 is 0 Å². The summed E-state index contributed by atoms with van der Waals surface area (Å²) >= 11 is 5.74. The molecule has 1 aliphatic rings. The van der Waals surface area contributed by atoms with Crippen molar-refractivity contribution in [1.29, 1.82) is 0 Å². The predicted molar refractivity (Wildman–Crippen MR) is 73.3 cm³/mol. The summed E-state index contributed by atoms with van der Waals surface area (Å²) in [7, 11) is 0. The monoisotopic (exact) mass is 289 g/mol. The second-order valence-electron chi connectivity index (χ2n) is 4.72. The number of nitrogens with zero attached hydrogens (tertiary/aromatic N) is 4. The molecule has 0 saturated heterocycles. The minimum Gasteiger partial charge on any atom is -0.310 e. The zero-order valence-electron chi connectivity index (χ0n) is 10.7. The number of rotatable bonds is 3. The summed E-state index contributed by atoms with van der Waals surface area (Å²) in [4.78, 5) is 28.4. The fourth-order valence-corrected chi connectivity index (χ4v) is 2.18. The van der Waals surface area contributed by atoms with E-state index in [2.05, 4.69) is 25.3 Å². The van der Waals surface area contributed by atoms with Gasteiger partial charge in [-0.15, -0.1) is 0 Å². The van der Waals surface area contributed by atoms with Crippen LogP contribution in [0.5, 0.6) is 0 Å². The van der Waals surface area contributed by atoms with Crippen LogP contribution in [-0.4, -0.2) is 25.8 Å². The molecule has 3 rings (SSSR count). The lowest BCUT2D eigenvalue weighted by Gasteiger charge is -2.03. The maximum absolute atomic E-state index is 12.1. The van der Waals surface area contributed by atoms with Gasteiger partial charge in [0.1, 0.15) is 23.1 Å². The van der Waals surface area contributed by atoms with Crippen molar-refractivity contribution in [2.24, 2.45) is 5.92 Å². The summed E-state index contributed by atoms with van der Waals surface area (Å²) in [6.07, 6.45) is 3.79. The molecule has 0 unspecified atom stereocenters. The first-order valence-electron chi connectivity index (χ1n) is 6.21. The van der Waals surface area contributed by atoms with Crippen molar-refractivity contribution < 1.29 is 4.79 Å². The molecule has 2 aromatic rings. The molecule has 1 N–H and O–H groups in total. The number of aromatic nitrogens is 4. The molecule has 0 aliphatic heterocycles. The van der Waals surface area contributed by atoms with Crippen LogP contribution in [0, 0.1) is 12.8 Å². The minimum absolute atomic E-state index is 0.0881. The number of carbonyl (C=O) groups excluding carboxylic acids is 1. The second kappa shape index (κ2) is 5.13. The van der Waals surface area contributed by atoms with E-state index in [-0.39, 0.29) is 17.7 Å². The molecule has 0 spiro atoms. The number of nitrogens with one attached hydrogen (secondary N) is 1. The lowest BCUT2D eigenvalue weighted by Crippen LogP contribution is -2.16. The van der Waals surface area contributed by atoms with Gasteiger partial charge in [0, 0.05) is 29.8 Å². The zero-order valence-corrected chi connectivity index (χ0v) is 11.5. The van der Waals surface area contributed by atoms with E-state index in [1.807, 2.05) is 13.0 Å². The van der Waals surface area contributed by atoms with Gasteiger partial charge in [-0.3, -0.25) is 4.79 Å². The van der Waals surface area contributed by atoms with Gasteiger partial charge in [0.25, 0.3) is 0 Å². The van der Waals surface area contributed by atoms with Crippen molar-refractivity contribution in [3.8, 4) is 0 Å². The summed E-state index contributed by atoms with van der Waals surface area (Å²) in [6, 6.07) is 3.35. The molecule has 7 heteroatoms. The van der Waals surface area contributed by atoms with E-state index < -0.39 is 0 Å². The molecule has 1 amide bonds. The van der Waals surface area contributed by atoms with E-state index in [0.717, 1.165) is 17.9 Å².